The molecule has 2 heteroatoms. The zero-order valence-electron chi connectivity index (χ0n) is 12.7. The van der Waals surface area contributed by atoms with E-state index in [1.54, 1.807) is 0 Å². The van der Waals surface area contributed by atoms with Crippen LogP contribution in [0.1, 0.15) is 50.8 Å². The van der Waals surface area contributed by atoms with E-state index in [1.807, 2.05) is 0 Å². The first-order valence-electron chi connectivity index (χ1n) is 7.81. The number of hydrogen-bond acceptors (Lipinski definition) is 2. The van der Waals surface area contributed by atoms with Gasteiger partial charge >= 0.3 is 0 Å². The van der Waals surface area contributed by atoms with Crippen LogP contribution in [-0.4, -0.2) is 30.6 Å². The third kappa shape index (κ3) is 3.58. The van der Waals surface area contributed by atoms with Gasteiger partial charge in [0.15, 0.2) is 0 Å². The Morgan fingerprint density at radius 2 is 1.84 bits per heavy atom. The average molecular weight is 260 g/mol. The molecule has 1 fully saturated rings. The van der Waals surface area contributed by atoms with Gasteiger partial charge in [0.25, 0.3) is 0 Å². The quantitative estimate of drug-likeness (QED) is 0.808. The summed E-state index contributed by atoms with van der Waals surface area (Å²) < 4.78 is 0. The molecule has 0 radical (unpaired) electrons. The van der Waals surface area contributed by atoms with Crippen molar-refractivity contribution in [1.29, 1.82) is 0 Å². The standard InChI is InChI=1S/C17H28N2/c1-4-6-15-7-9-16(10-8-15)14(3)19(11-5-2)17-12-18-13-17/h7-10,14,17-18H,4-6,11-13H2,1-3H3. The lowest BCUT2D eigenvalue weighted by Gasteiger charge is -2.42. The molecular formula is C17H28N2. The molecule has 1 saturated heterocycles. The van der Waals surface area contributed by atoms with Crippen LogP contribution in [-0.2, 0) is 6.42 Å². The Bertz CT molecular complexity index is 367. The number of aryl methyl sites for hydroxylation is 1. The van der Waals surface area contributed by atoms with Crippen LogP contribution in [0.2, 0.25) is 0 Å². The molecule has 0 aromatic heterocycles. The lowest BCUT2D eigenvalue weighted by Crippen LogP contribution is -2.57. The number of hydrogen-bond donors (Lipinski definition) is 1. The summed E-state index contributed by atoms with van der Waals surface area (Å²) in [7, 11) is 0. The molecule has 2 rings (SSSR count). The van der Waals surface area contributed by atoms with Gasteiger partial charge in [-0.15, -0.1) is 0 Å². The van der Waals surface area contributed by atoms with Crippen molar-refractivity contribution in [3.8, 4) is 0 Å². The Balaban J connectivity index is 2.04. The summed E-state index contributed by atoms with van der Waals surface area (Å²) >= 11 is 0. The van der Waals surface area contributed by atoms with E-state index in [0.717, 1.165) is 19.1 Å². The fraction of sp³-hybridized carbons (Fsp3) is 0.647. The first-order chi connectivity index (χ1) is 9.26. The highest BCUT2D eigenvalue weighted by Crippen LogP contribution is 2.24. The predicted octanol–water partition coefficient (Wildman–Crippen LogP) is 3.38. The molecule has 1 unspecified atom stereocenters. The van der Waals surface area contributed by atoms with Gasteiger partial charge < -0.3 is 5.32 Å². The van der Waals surface area contributed by atoms with E-state index in [1.165, 1.54) is 36.9 Å². The van der Waals surface area contributed by atoms with Crippen LogP contribution in [0.3, 0.4) is 0 Å². The summed E-state index contributed by atoms with van der Waals surface area (Å²) in [4.78, 5) is 2.66. The molecule has 2 nitrogen and oxygen atoms in total. The molecule has 1 aromatic carbocycles. The number of benzene rings is 1. The number of rotatable bonds is 7. The Labute approximate surface area is 118 Å². The average Bonchev–Trinajstić information content (AvgIpc) is 2.37. The third-order valence-electron chi connectivity index (χ3n) is 4.21. The fourth-order valence-electron chi connectivity index (χ4n) is 2.90. The van der Waals surface area contributed by atoms with Crippen LogP contribution in [0, 0.1) is 0 Å². The lowest BCUT2D eigenvalue weighted by atomic mass is 9.99. The first kappa shape index (κ1) is 14.5. The van der Waals surface area contributed by atoms with Crippen molar-refractivity contribution in [2.45, 2.75) is 52.1 Å². The zero-order valence-corrected chi connectivity index (χ0v) is 12.7. The maximum Gasteiger partial charge on any atom is 0.0351 e. The van der Waals surface area contributed by atoms with Crippen molar-refractivity contribution in [3.05, 3.63) is 35.4 Å². The van der Waals surface area contributed by atoms with Crippen molar-refractivity contribution in [2.75, 3.05) is 19.6 Å². The second-order valence-electron chi connectivity index (χ2n) is 5.72. The molecule has 1 aliphatic rings. The summed E-state index contributed by atoms with van der Waals surface area (Å²) in [6, 6.07) is 10.5. The highest BCUT2D eigenvalue weighted by atomic mass is 15.2. The third-order valence-corrected chi connectivity index (χ3v) is 4.21. The van der Waals surface area contributed by atoms with Gasteiger partial charge in [-0.25, -0.2) is 0 Å². The minimum atomic E-state index is 0.530. The summed E-state index contributed by atoms with van der Waals surface area (Å²) in [5, 5.41) is 3.39. The minimum absolute atomic E-state index is 0.530. The molecular weight excluding hydrogens is 232 g/mol. The minimum Gasteiger partial charge on any atom is -0.314 e. The van der Waals surface area contributed by atoms with Crippen LogP contribution in [0.4, 0.5) is 0 Å². The molecule has 1 aromatic rings. The molecule has 19 heavy (non-hydrogen) atoms. The first-order valence-corrected chi connectivity index (χ1v) is 7.81. The zero-order chi connectivity index (χ0) is 13.7. The van der Waals surface area contributed by atoms with Gasteiger partial charge in [-0.3, -0.25) is 4.90 Å². The van der Waals surface area contributed by atoms with Crippen LogP contribution in [0.5, 0.6) is 0 Å². The highest BCUT2D eigenvalue weighted by molar-refractivity contribution is 5.25. The monoisotopic (exact) mass is 260 g/mol. The van der Waals surface area contributed by atoms with E-state index >= 15 is 0 Å². The van der Waals surface area contributed by atoms with Crippen molar-refractivity contribution in [1.82, 2.24) is 10.2 Å². The van der Waals surface area contributed by atoms with E-state index in [2.05, 4.69) is 55.3 Å². The van der Waals surface area contributed by atoms with Gasteiger partial charge in [0.2, 0.25) is 0 Å². The summed E-state index contributed by atoms with van der Waals surface area (Å²) in [6.07, 6.45) is 3.65. The van der Waals surface area contributed by atoms with E-state index in [9.17, 15) is 0 Å². The molecule has 0 bridgehead atoms. The Kier molecular flexibility index (Phi) is 5.41. The lowest BCUT2D eigenvalue weighted by molar-refractivity contribution is 0.103. The van der Waals surface area contributed by atoms with E-state index < -0.39 is 0 Å². The second-order valence-corrected chi connectivity index (χ2v) is 5.72. The van der Waals surface area contributed by atoms with Gasteiger partial charge in [-0.1, -0.05) is 44.5 Å². The molecule has 1 N–H and O–H groups in total. The molecule has 0 amide bonds. The number of nitrogens with one attached hydrogen (secondary N) is 1. The van der Waals surface area contributed by atoms with Crippen LogP contribution >= 0.6 is 0 Å². The summed E-state index contributed by atoms with van der Waals surface area (Å²) in [5.74, 6) is 0. The SMILES string of the molecule is CCCc1ccc(C(C)N(CCC)C2CNC2)cc1. The molecule has 1 aliphatic heterocycles. The second kappa shape index (κ2) is 7.06. The summed E-state index contributed by atoms with van der Waals surface area (Å²) in [5.41, 5.74) is 2.92. The maximum absolute atomic E-state index is 3.39. The van der Waals surface area contributed by atoms with Crippen LogP contribution in [0.15, 0.2) is 24.3 Å². The van der Waals surface area contributed by atoms with Gasteiger partial charge in [0, 0.05) is 25.2 Å². The smallest absolute Gasteiger partial charge is 0.0351 e. The Morgan fingerprint density at radius 1 is 1.16 bits per heavy atom. The fourth-order valence-corrected chi connectivity index (χ4v) is 2.90. The normalized spacial score (nSPS) is 17.5. The molecule has 1 atom stereocenters. The van der Waals surface area contributed by atoms with E-state index in [-0.39, 0.29) is 0 Å². The largest absolute Gasteiger partial charge is 0.314 e. The van der Waals surface area contributed by atoms with Crippen molar-refractivity contribution < 1.29 is 0 Å². The predicted molar refractivity (Wildman–Crippen MR) is 82.5 cm³/mol. The Morgan fingerprint density at radius 3 is 2.32 bits per heavy atom. The number of nitrogens with zero attached hydrogens (tertiary/aromatic N) is 1. The molecule has 0 aliphatic carbocycles. The van der Waals surface area contributed by atoms with Crippen LogP contribution in [0.25, 0.3) is 0 Å². The molecule has 0 spiro atoms. The topological polar surface area (TPSA) is 15.3 Å². The van der Waals surface area contributed by atoms with Gasteiger partial charge in [-0.2, -0.15) is 0 Å². The van der Waals surface area contributed by atoms with E-state index in [4.69, 9.17) is 0 Å². The highest BCUT2D eigenvalue weighted by Gasteiger charge is 2.28. The summed E-state index contributed by atoms with van der Waals surface area (Å²) in [6.45, 7) is 10.4. The van der Waals surface area contributed by atoms with Gasteiger partial charge in [-0.05, 0) is 37.4 Å². The van der Waals surface area contributed by atoms with Crippen LogP contribution < -0.4 is 5.32 Å². The van der Waals surface area contributed by atoms with Crippen molar-refractivity contribution in [3.63, 3.8) is 0 Å². The van der Waals surface area contributed by atoms with Crippen molar-refractivity contribution in [2.24, 2.45) is 0 Å². The maximum atomic E-state index is 3.39. The van der Waals surface area contributed by atoms with Crippen molar-refractivity contribution >= 4 is 0 Å². The van der Waals surface area contributed by atoms with Gasteiger partial charge in [0.1, 0.15) is 0 Å². The molecule has 106 valence electrons. The van der Waals surface area contributed by atoms with E-state index in [0.29, 0.717) is 6.04 Å². The van der Waals surface area contributed by atoms with Gasteiger partial charge in [0.05, 0.1) is 0 Å². The Hall–Kier alpha value is -0.860. The molecule has 1 heterocycles. The molecule has 0 saturated carbocycles.